The quantitative estimate of drug-likeness (QED) is 0.929. The largest absolute Gasteiger partial charge is 0.389 e. The van der Waals surface area contributed by atoms with Crippen molar-refractivity contribution in [2.24, 2.45) is 5.73 Å². The summed E-state index contributed by atoms with van der Waals surface area (Å²) in [6.07, 6.45) is -5.09. The van der Waals surface area contributed by atoms with E-state index >= 15 is 0 Å². The van der Waals surface area contributed by atoms with E-state index in [1.165, 1.54) is 0 Å². The number of imidazole rings is 1. The normalized spacial score (nSPS) is 12.3. The number of alkyl halides is 3. The minimum absolute atomic E-state index is 0.0933. The first-order valence-electron chi connectivity index (χ1n) is 6.19. The Morgan fingerprint density at radius 3 is 2.63 bits per heavy atom. The number of aryl methyl sites for hydroxylation is 2. The van der Waals surface area contributed by atoms with Crippen molar-refractivity contribution in [3.05, 3.63) is 29.6 Å². The van der Waals surface area contributed by atoms with Gasteiger partial charge in [0.1, 0.15) is 5.82 Å². The van der Waals surface area contributed by atoms with Crippen LogP contribution in [0.15, 0.2) is 18.2 Å². The zero-order valence-electron chi connectivity index (χ0n) is 10.7. The van der Waals surface area contributed by atoms with Gasteiger partial charge in [0, 0.05) is 19.5 Å². The summed E-state index contributed by atoms with van der Waals surface area (Å²) in [6.45, 7) is 2.90. The van der Waals surface area contributed by atoms with E-state index in [-0.39, 0.29) is 6.42 Å². The fraction of sp³-hybridized carbons (Fsp3) is 0.462. The van der Waals surface area contributed by atoms with E-state index in [0.29, 0.717) is 24.4 Å². The molecular formula is C13H16F3N3. The molecule has 0 saturated carbocycles. The van der Waals surface area contributed by atoms with Crippen molar-refractivity contribution in [3.63, 3.8) is 0 Å². The van der Waals surface area contributed by atoms with E-state index in [2.05, 4.69) is 4.98 Å². The second-order valence-corrected chi connectivity index (χ2v) is 4.41. The van der Waals surface area contributed by atoms with E-state index in [1.54, 1.807) is 0 Å². The third-order valence-corrected chi connectivity index (χ3v) is 3.08. The van der Waals surface area contributed by atoms with Gasteiger partial charge in [0.25, 0.3) is 0 Å². The van der Waals surface area contributed by atoms with Crippen LogP contribution in [0, 0.1) is 0 Å². The Bertz CT molecular complexity index is 572. The lowest BCUT2D eigenvalue weighted by atomic mass is 10.2. The molecule has 0 atom stereocenters. The van der Waals surface area contributed by atoms with Crippen LogP contribution in [-0.2, 0) is 19.5 Å². The molecule has 0 aliphatic heterocycles. The number of nitrogens with two attached hydrogens (primary N) is 1. The fourth-order valence-electron chi connectivity index (χ4n) is 2.15. The number of halogens is 3. The molecule has 104 valence electrons. The fourth-order valence-corrected chi connectivity index (χ4v) is 2.15. The highest BCUT2D eigenvalue weighted by atomic mass is 19.4. The molecule has 2 N–H and O–H groups in total. The molecule has 0 aliphatic carbocycles. The number of fused-ring (bicyclic) bond motifs is 1. The van der Waals surface area contributed by atoms with E-state index in [9.17, 15) is 13.2 Å². The van der Waals surface area contributed by atoms with E-state index in [1.807, 2.05) is 29.7 Å². The van der Waals surface area contributed by atoms with E-state index in [0.717, 1.165) is 11.1 Å². The number of nitrogens with zero attached hydrogens (tertiary/aromatic N) is 2. The Hall–Kier alpha value is -1.56. The van der Waals surface area contributed by atoms with Crippen LogP contribution in [0.2, 0.25) is 0 Å². The Balaban J connectivity index is 2.37. The molecule has 0 spiro atoms. The summed E-state index contributed by atoms with van der Waals surface area (Å²) in [7, 11) is 0. The topological polar surface area (TPSA) is 43.8 Å². The Labute approximate surface area is 109 Å². The van der Waals surface area contributed by atoms with Gasteiger partial charge >= 0.3 is 6.18 Å². The lowest BCUT2D eigenvalue weighted by Gasteiger charge is -2.08. The van der Waals surface area contributed by atoms with Crippen LogP contribution in [0.3, 0.4) is 0 Å². The summed E-state index contributed by atoms with van der Waals surface area (Å²) in [4.78, 5) is 4.30. The highest BCUT2D eigenvalue weighted by Gasteiger charge is 2.27. The van der Waals surface area contributed by atoms with Crippen molar-refractivity contribution in [1.82, 2.24) is 9.55 Å². The molecule has 0 unspecified atom stereocenters. The molecule has 3 nitrogen and oxygen atoms in total. The van der Waals surface area contributed by atoms with Gasteiger partial charge in [-0.1, -0.05) is 6.07 Å². The van der Waals surface area contributed by atoms with Crippen LogP contribution in [0.25, 0.3) is 11.0 Å². The van der Waals surface area contributed by atoms with Gasteiger partial charge in [0.05, 0.1) is 17.5 Å². The monoisotopic (exact) mass is 271 g/mol. The third kappa shape index (κ3) is 3.07. The molecule has 0 radical (unpaired) electrons. The van der Waals surface area contributed by atoms with E-state index < -0.39 is 12.6 Å². The molecule has 1 heterocycles. The molecule has 0 aliphatic rings. The zero-order chi connectivity index (χ0) is 14.0. The molecule has 0 amide bonds. The van der Waals surface area contributed by atoms with Gasteiger partial charge in [-0.3, -0.25) is 0 Å². The molecule has 0 bridgehead atoms. The van der Waals surface area contributed by atoms with Gasteiger partial charge in [-0.05, 0) is 24.6 Å². The highest BCUT2D eigenvalue weighted by molar-refractivity contribution is 5.77. The minimum Gasteiger partial charge on any atom is -0.328 e. The second-order valence-electron chi connectivity index (χ2n) is 4.41. The number of benzene rings is 1. The predicted octanol–water partition coefficient (Wildman–Crippen LogP) is 3.01. The summed E-state index contributed by atoms with van der Waals surface area (Å²) < 4.78 is 38.7. The number of hydrogen-bond acceptors (Lipinski definition) is 2. The molecule has 6 heteroatoms. The van der Waals surface area contributed by atoms with Crippen molar-refractivity contribution < 1.29 is 13.2 Å². The molecule has 1 aromatic heterocycles. The Morgan fingerprint density at radius 1 is 1.32 bits per heavy atom. The maximum absolute atomic E-state index is 12.3. The van der Waals surface area contributed by atoms with Crippen molar-refractivity contribution in [1.29, 1.82) is 0 Å². The second kappa shape index (κ2) is 5.21. The minimum atomic E-state index is -4.15. The first kappa shape index (κ1) is 13.9. The summed E-state index contributed by atoms with van der Waals surface area (Å²) in [5.74, 6) is 0.476. The summed E-state index contributed by atoms with van der Waals surface area (Å²) in [5, 5.41) is 0. The van der Waals surface area contributed by atoms with Crippen molar-refractivity contribution in [2.75, 3.05) is 0 Å². The number of aromatic nitrogens is 2. The lowest BCUT2D eigenvalue weighted by molar-refractivity contribution is -0.134. The molecule has 0 fully saturated rings. The first-order chi connectivity index (χ1) is 8.94. The maximum Gasteiger partial charge on any atom is 0.389 e. The van der Waals surface area contributed by atoms with Crippen molar-refractivity contribution in [2.45, 2.75) is 39.0 Å². The molecular weight excluding hydrogens is 255 g/mol. The van der Waals surface area contributed by atoms with Gasteiger partial charge in [0.15, 0.2) is 0 Å². The summed E-state index contributed by atoms with van der Waals surface area (Å²) in [5.41, 5.74) is 8.05. The van der Waals surface area contributed by atoms with Gasteiger partial charge in [-0.25, -0.2) is 4.98 Å². The SMILES string of the molecule is CCn1c(CCC(F)(F)F)nc2cc(CN)ccc21. The van der Waals surface area contributed by atoms with Gasteiger partial charge in [-0.15, -0.1) is 0 Å². The van der Waals surface area contributed by atoms with Gasteiger partial charge < -0.3 is 10.3 Å². The molecule has 19 heavy (non-hydrogen) atoms. The average molecular weight is 271 g/mol. The van der Waals surface area contributed by atoms with Gasteiger partial charge in [-0.2, -0.15) is 13.2 Å². The van der Waals surface area contributed by atoms with Crippen LogP contribution in [0.5, 0.6) is 0 Å². The standard InChI is InChI=1S/C13H16F3N3/c1-2-19-11-4-3-9(8-17)7-10(11)18-12(19)5-6-13(14,15)16/h3-4,7H,2,5-6,8,17H2,1H3. The number of rotatable bonds is 4. The zero-order valence-corrected chi connectivity index (χ0v) is 10.7. The lowest BCUT2D eigenvalue weighted by Crippen LogP contribution is -2.11. The van der Waals surface area contributed by atoms with Crippen LogP contribution < -0.4 is 5.73 Å². The van der Waals surface area contributed by atoms with Crippen LogP contribution >= 0.6 is 0 Å². The van der Waals surface area contributed by atoms with Gasteiger partial charge in [0.2, 0.25) is 0 Å². The number of hydrogen-bond donors (Lipinski definition) is 1. The average Bonchev–Trinajstić information content (AvgIpc) is 2.71. The van der Waals surface area contributed by atoms with E-state index in [4.69, 9.17) is 5.73 Å². The Morgan fingerprint density at radius 2 is 2.05 bits per heavy atom. The maximum atomic E-state index is 12.3. The van der Waals surface area contributed by atoms with Crippen LogP contribution in [-0.4, -0.2) is 15.7 Å². The molecule has 1 aromatic carbocycles. The molecule has 0 saturated heterocycles. The summed E-state index contributed by atoms with van der Waals surface area (Å²) >= 11 is 0. The summed E-state index contributed by atoms with van der Waals surface area (Å²) in [6, 6.07) is 5.58. The van der Waals surface area contributed by atoms with Crippen molar-refractivity contribution >= 4 is 11.0 Å². The van der Waals surface area contributed by atoms with Crippen molar-refractivity contribution in [3.8, 4) is 0 Å². The highest BCUT2D eigenvalue weighted by Crippen LogP contribution is 2.24. The van der Waals surface area contributed by atoms with Crippen LogP contribution in [0.1, 0.15) is 24.7 Å². The third-order valence-electron chi connectivity index (χ3n) is 3.08. The predicted molar refractivity (Wildman–Crippen MR) is 67.7 cm³/mol. The first-order valence-corrected chi connectivity index (χ1v) is 6.19. The smallest absolute Gasteiger partial charge is 0.328 e. The molecule has 2 aromatic rings. The Kier molecular flexibility index (Phi) is 3.80. The van der Waals surface area contributed by atoms with Crippen LogP contribution in [0.4, 0.5) is 13.2 Å². The molecule has 2 rings (SSSR count).